The number of furan rings is 1. The maximum atomic E-state index is 5.37. The molecule has 2 aromatic rings. The fraction of sp³-hybridized carbons (Fsp3) is 0.556. The van der Waals surface area contributed by atoms with E-state index in [-0.39, 0.29) is 24.0 Å². The van der Waals surface area contributed by atoms with Gasteiger partial charge >= 0.3 is 0 Å². The maximum Gasteiger partial charge on any atom is 0.191 e. The van der Waals surface area contributed by atoms with Crippen molar-refractivity contribution in [2.24, 2.45) is 4.99 Å². The van der Waals surface area contributed by atoms with Gasteiger partial charge in [0.15, 0.2) is 5.96 Å². The minimum atomic E-state index is 0. The molecular weight excluding hydrogens is 447 g/mol. The summed E-state index contributed by atoms with van der Waals surface area (Å²) in [5, 5.41) is 8.00. The maximum absolute atomic E-state index is 5.37. The van der Waals surface area contributed by atoms with Gasteiger partial charge in [0.1, 0.15) is 5.76 Å². The molecule has 0 spiro atoms. The summed E-state index contributed by atoms with van der Waals surface area (Å²) >= 11 is 1.75. The lowest BCUT2D eigenvalue weighted by atomic mass is 10.2. The Morgan fingerprint density at radius 3 is 2.80 bits per heavy atom. The van der Waals surface area contributed by atoms with Crippen LogP contribution in [0.25, 0.3) is 0 Å². The van der Waals surface area contributed by atoms with Crippen molar-refractivity contribution in [2.45, 2.75) is 52.5 Å². The van der Waals surface area contributed by atoms with Gasteiger partial charge in [-0.25, -0.2) is 4.98 Å². The molecule has 5 nitrogen and oxygen atoms in total. The molecule has 0 bridgehead atoms. The average molecular weight is 476 g/mol. The third kappa shape index (κ3) is 7.77. The second kappa shape index (κ2) is 11.5. The minimum Gasteiger partial charge on any atom is -0.469 e. The fourth-order valence-electron chi connectivity index (χ4n) is 2.15. The first kappa shape index (κ1) is 22.0. The molecular formula is C18H29IN4OS. The summed E-state index contributed by atoms with van der Waals surface area (Å²) in [6, 6.07) is 4.30. The number of aryl methyl sites for hydroxylation is 1. The van der Waals surface area contributed by atoms with Crippen molar-refractivity contribution < 1.29 is 4.42 Å². The first-order chi connectivity index (χ1) is 11.6. The van der Waals surface area contributed by atoms with Crippen LogP contribution in [0.5, 0.6) is 0 Å². The molecule has 0 aliphatic rings. The molecule has 25 heavy (non-hydrogen) atoms. The summed E-state index contributed by atoms with van der Waals surface area (Å²) in [6.07, 6.45) is 5.54. The second-order valence-corrected chi connectivity index (χ2v) is 7.38. The summed E-state index contributed by atoms with van der Waals surface area (Å²) in [5.74, 6) is 2.16. The minimum absolute atomic E-state index is 0. The molecule has 2 unspecified atom stereocenters. The van der Waals surface area contributed by atoms with Gasteiger partial charge in [0.05, 0.1) is 17.8 Å². The molecule has 7 heteroatoms. The number of aromatic nitrogens is 1. The van der Waals surface area contributed by atoms with Gasteiger partial charge in [-0.1, -0.05) is 13.8 Å². The van der Waals surface area contributed by atoms with Gasteiger partial charge in [-0.15, -0.1) is 35.3 Å². The summed E-state index contributed by atoms with van der Waals surface area (Å²) in [5.41, 5.74) is 0. The molecule has 2 aromatic heterocycles. The molecule has 0 aliphatic heterocycles. The first-order valence-electron chi connectivity index (χ1n) is 8.58. The van der Waals surface area contributed by atoms with E-state index in [1.165, 1.54) is 4.88 Å². The number of nitrogens with one attached hydrogen (secondary N) is 2. The van der Waals surface area contributed by atoms with Gasteiger partial charge < -0.3 is 15.1 Å². The molecule has 0 aromatic carbocycles. The van der Waals surface area contributed by atoms with Crippen molar-refractivity contribution in [3.8, 4) is 0 Å². The van der Waals surface area contributed by atoms with Crippen LogP contribution in [-0.4, -0.2) is 30.1 Å². The monoisotopic (exact) mass is 476 g/mol. The fourth-order valence-corrected chi connectivity index (χ4v) is 2.97. The van der Waals surface area contributed by atoms with Gasteiger partial charge in [-0.3, -0.25) is 4.99 Å². The van der Waals surface area contributed by atoms with Crippen LogP contribution in [0.15, 0.2) is 34.0 Å². The Labute approximate surface area is 171 Å². The lowest BCUT2D eigenvalue weighted by molar-refractivity contribution is 0.506. The normalized spacial score (nSPS) is 13.8. The third-order valence-corrected chi connectivity index (χ3v) is 4.97. The molecule has 0 saturated carbocycles. The largest absolute Gasteiger partial charge is 0.469 e. The van der Waals surface area contributed by atoms with Crippen LogP contribution in [0, 0.1) is 6.92 Å². The molecule has 2 N–H and O–H groups in total. The number of hydrogen-bond acceptors (Lipinski definition) is 4. The highest BCUT2D eigenvalue weighted by Gasteiger charge is 2.10. The molecule has 0 radical (unpaired) electrons. The van der Waals surface area contributed by atoms with E-state index < -0.39 is 0 Å². The SMILES string of the molecule is CCC(C)NC(=NCC(C)c1ncc(C)s1)NCCc1ccco1.I. The topological polar surface area (TPSA) is 62.5 Å². The molecule has 0 saturated heterocycles. The molecule has 2 heterocycles. The quantitative estimate of drug-likeness (QED) is 0.338. The zero-order valence-corrected chi connectivity index (χ0v) is 18.6. The number of thiazole rings is 1. The molecule has 2 rings (SSSR count). The van der Waals surface area contributed by atoms with Crippen LogP contribution in [0.4, 0.5) is 0 Å². The Bertz CT molecular complexity index is 627. The molecule has 0 amide bonds. The summed E-state index contributed by atoms with van der Waals surface area (Å²) < 4.78 is 5.37. The molecule has 140 valence electrons. The second-order valence-electron chi connectivity index (χ2n) is 6.11. The highest BCUT2D eigenvalue weighted by molar-refractivity contribution is 14.0. The van der Waals surface area contributed by atoms with Crippen molar-refractivity contribution in [3.63, 3.8) is 0 Å². The Morgan fingerprint density at radius 2 is 2.20 bits per heavy atom. The average Bonchev–Trinajstić information content (AvgIpc) is 3.23. The number of aliphatic imine (C=N–C) groups is 1. The van der Waals surface area contributed by atoms with E-state index in [4.69, 9.17) is 9.41 Å². The lowest BCUT2D eigenvalue weighted by Gasteiger charge is -2.17. The van der Waals surface area contributed by atoms with Crippen molar-refractivity contribution in [3.05, 3.63) is 40.2 Å². The van der Waals surface area contributed by atoms with Gasteiger partial charge in [0.25, 0.3) is 0 Å². The standard InChI is InChI=1S/C18H28N4OS.HI/c1-5-14(3)22-18(19-9-8-16-7-6-10-23-16)21-11-13(2)17-20-12-15(4)24-17;/h6-7,10,12-14H,5,8-9,11H2,1-4H3,(H2,19,21,22);1H. The number of nitrogens with zero attached hydrogens (tertiary/aromatic N) is 2. The van der Waals surface area contributed by atoms with Crippen LogP contribution < -0.4 is 10.6 Å². The Kier molecular flexibility index (Phi) is 10.1. The smallest absolute Gasteiger partial charge is 0.191 e. The van der Waals surface area contributed by atoms with Crippen molar-refractivity contribution >= 4 is 41.3 Å². The third-order valence-electron chi connectivity index (χ3n) is 3.82. The zero-order chi connectivity index (χ0) is 17.4. The van der Waals surface area contributed by atoms with Crippen LogP contribution in [0.2, 0.25) is 0 Å². The lowest BCUT2D eigenvalue weighted by Crippen LogP contribution is -2.43. The van der Waals surface area contributed by atoms with Crippen LogP contribution >= 0.6 is 35.3 Å². The predicted octanol–water partition coefficient (Wildman–Crippen LogP) is 4.34. The first-order valence-corrected chi connectivity index (χ1v) is 9.39. The number of halogens is 1. The van der Waals surface area contributed by atoms with Gasteiger partial charge in [-0.05, 0) is 32.4 Å². The van der Waals surface area contributed by atoms with E-state index in [0.29, 0.717) is 12.0 Å². The Balaban J connectivity index is 0.00000312. The summed E-state index contributed by atoms with van der Waals surface area (Å²) in [7, 11) is 0. The molecule has 2 atom stereocenters. The van der Waals surface area contributed by atoms with E-state index in [9.17, 15) is 0 Å². The van der Waals surface area contributed by atoms with Crippen LogP contribution in [0.1, 0.15) is 48.8 Å². The molecule has 0 fully saturated rings. The van der Waals surface area contributed by atoms with E-state index in [1.807, 2.05) is 18.3 Å². The number of rotatable bonds is 8. The van der Waals surface area contributed by atoms with Crippen molar-refractivity contribution in [2.75, 3.05) is 13.1 Å². The van der Waals surface area contributed by atoms with E-state index in [1.54, 1.807) is 17.6 Å². The Hall–Kier alpha value is -1.09. The highest BCUT2D eigenvalue weighted by Crippen LogP contribution is 2.21. The van der Waals surface area contributed by atoms with Crippen molar-refractivity contribution in [1.82, 2.24) is 15.6 Å². The Morgan fingerprint density at radius 1 is 1.40 bits per heavy atom. The van der Waals surface area contributed by atoms with E-state index in [0.717, 1.165) is 42.7 Å². The van der Waals surface area contributed by atoms with Gasteiger partial charge in [-0.2, -0.15) is 0 Å². The summed E-state index contributed by atoms with van der Waals surface area (Å²) in [6.45, 7) is 10.1. The van der Waals surface area contributed by atoms with Gasteiger partial charge in [0, 0.05) is 36.0 Å². The van der Waals surface area contributed by atoms with Crippen molar-refractivity contribution in [1.29, 1.82) is 0 Å². The highest BCUT2D eigenvalue weighted by atomic mass is 127. The van der Waals surface area contributed by atoms with Crippen LogP contribution in [0.3, 0.4) is 0 Å². The van der Waals surface area contributed by atoms with E-state index in [2.05, 4.69) is 43.3 Å². The summed E-state index contributed by atoms with van der Waals surface area (Å²) in [4.78, 5) is 10.5. The van der Waals surface area contributed by atoms with Gasteiger partial charge in [0.2, 0.25) is 0 Å². The predicted molar refractivity (Wildman–Crippen MR) is 116 cm³/mol. The number of guanidine groups is 1. The number of hydrogen-bond donors (Lipinski definition) is 2. The zero-order valence-electron chi connectivity index (χ0n) is 15.4. The van der Waals surface area contributed by atoms with E-state index >= 15 is 0 Å². The molecule has 0 aliphatic carbocycles. The van der Waals surface area contributed by atoms with Crippen LogP contribution in [-0.2, 0) is 6.42 Å².